The van der Waals surface area contributed by atoms with E-state index in [-0.39, 0.29) is 10.3 Å². The number of sulfonamides is 1. The second-order valence-electron chi connectivity index (χ2n) is 7.26. The molecule has 160 valence electrons. The van der Waals surface area contributed by atoms with Crippen molar-refractivity contribution in [2.75, 3.05) is 29.3 Å². The van der Waals surface area contributed by atoms with Gasteiger partial charge in [-0.3, -0.25) is 13.9 Å². The first-order valence-electron chi connectivity index (χ1n) is 9.85. The van der Waals surface area contributed by atoms with E-state index in [1.807, 2.05) is 0 Å². The van der Waals surface area contributed by atoms with Gasteiger partial charge < -0.3 is 15.4 Å². The molecule has 1 aromatic carbocycles. The van der Waals surface area contributed by atoms with Crippen LogP contribution in [0.3, 0.4) is 0 Å². The zero-order valence-corrected chi connectivity index (χ0v) is 17.9. The number of rotatable bonds is 5. The van der Waals surface area contributed by atoms with Crippen LogP contribution in [0.4, 0.5) is 11.4 Å². The van der Waals surface area contributed by atoms with Crippen molar-refractivity contribution in [3.05, 3.63) is 41.3 Å². The van der Waals surface area contributed by atoms with Gasteiger partial charge in [0.2, 0.25) is 0 Å². The summed E-state index contributed by atoms with van der Waals surface area (Å²) in [5.74, 6) is -1.54. The van der Waals surface area contributed by atoms with E-state index in [9.17, 15) is 18.0 Å². The lowest BCUT2D eigenvalue weighted by Gasteiger charge is -2.30. The van der Waals surface area contributed by atoms with Crippen LogP contribution in [0, 0.1) is 0 Å². The van der Waals surface area contributed by atoms with Gasteiger partial charge in [-0.05, 0) is 54.8 Å². The van der Waals surface area contributed by atoms with E-state index in [0.717, 1.165) is 31.2 Å². The van der Waals surface area contributed by atoms with E-state index >= 15 is 0 Å². The molecule has 8 nitrogen and oxygen atoms in total. The van der Waals surface area contributed by atoms with E-state index in [0.29, 0.717) is 31.1 Å². The number of anilines is 2. The van der Waals surface area contributed by atoms with Crippen LogP contribution in [-0.2, 0) is 30.8 Å². The maximum atomic E-state index is 13.0. The van der Waals surface area contributed by atoms with Crippen molar-refractivity contribution in [2.45, 2.75) is 36.0 Å². The Hall–Kier alpha value is -2.43. The van der Waals surface area contributed by atoms with Gasteiger partial charge in [-0.2, -0.15) is 0 Å². The van der Waals surface area contributed by atoms with Gasteiger partial charge in [-0.15, -0.1) is 11.3 Å². The lowest BCUT2D eigenvalue weighted by Crippen LogP contribution is -2.39. The molecule has 0 radical (unpaired) electrons. The van der Waals surface area contributed by atoms with Crippen molar-refractivity contribution in [1.82, 2.24) is 5.32 Å². The highest BCUT2D eigenvalue weighted by atomic mass is 32.2. The van der Waals surface area contributed by atoms with Crippen LogP contribution in [-0.4, -0.2) is 46.0 Å². The van der Waals surface area contributed by atoms with Gasteiger partial charge in [-0.1, -0.05) is 12.1 Å². The van der Waals surface area contributed by atoms with Crippen LogP contribution >= 0.6 is 11.3 Å². The smallest absolute Gasteiger partial charge is 0.313 e. The van der Waals surface area contributed by atoms with Gasteiger partial charge in [0, 0.05) is 25.4 Å². The fourth-order valence-corrected chi connectivity index (χ4v) is 6.30. The number of nitrogens with zero attached hydrogens (tertiary/aromatic N) is 1. The minimum Gasteiger partial charge on any atom is -0.376 e. The number of amides is 2. The standard InChI is InChI=1S/C20H23N3O5S2/c24-19(21-13-16-5-2-10-28-16)20(25)22-15-8-7-14-4-1-9-23(17(14)12-15)30(26,27)18-6-3-11-29-18/h3,6-8,11-12,16H,1-2,4-5,9-10,13H2,(H,21,24)(H,22,25)/t16-/m1/s1. The van der Waals surface area contributed by atoms with E-state index in [1.165, 1.54) is 15.6 Å². The summed E-state index contributed by atoms with van der Waals surface area (Å²) in [5.41, 5.74) is 1.80. The second-order valence-corrected chi connectivity index (χ2v) is 10.3. The summed E-state index contributed by atoms with van der Waals surface area (Å²) in [4.78, 5) is 24.3. The number of hydrogen-bond acceptors (Lipinski definition) is 6. The molecule has 1 atom stereocenters. The summed E-state index contributed by atoms with van der Waals surface area (Å²) in [6.07, 6.45) is 3.23. The van der Waals surface area contributed by atoms with Crippen molar-refractivity contribution in [3.63, 3.8) is 0 Å². The van der Waals surface area contributed by atoms with Crippen LogP contribution in [0.5, 0.6) is 0 Å². The molecule has 1 aromatic heterocycles. The van der Waals surface area contributed by atoms with Crippen molar-refractivity contribution in [1.29, 1.82) is 0 Å². The lowest BCUT2D eigenvalue weighted by atomic mass is 10.0. The number of ether oxygens (including phenoxy) is 1. The Kier molecular flexibility index (Phi) is 6.07. The molecule has 2 aromatic rings. The number of benzene rings is 1. The molecule has 3 heterocycles. The SMILES string of the molecule is O=C(NC[C@H]1CCCO1)C(=O)Nc1ccc2c(c1)N(S(=O)(=O)c1cccs1)CCC2. The quantitative estimate of drug-likeness (QED) is 0.681. The number of hydrogen-bond donors (Lipinski definition) is 2. The minimum atomic E-state index is -3.67. The maximum Gasteiger partial charge on any atom is 0.313 e. The Morgan fingerprint density at radius 2 is 2.07 bits per heavy atom. The van der Waals surface area contributed by atoms with E-state index in [1.54, 1.807) is 35.7 Å². The molecule has 2 N–H and O–H groups in total. The maximum absolute atomic E-state index is 13.0. The molecule has 0 bridgehead atoms. The molecule has 1 fully saturated rings. The van der Waals surface area contributed by atoms with Crippen LogP contribution < -0.4 is 14.9 Å². The third-order valence-corrected chi connectivity index (χ3v) is 8.37. The highest BCUT2D eigenvalue weighted by Gasteiger charge is 2.30. The summed E-state index contributed by atoms with van der Waals surface area (Å²) in [7, 11) is -3.67. The Bertz CT molecular complexity index is 1030. The first kappa shape index (κ1) is 20.8. The summed E-state index contributed by atoms with van der Waals surface area (Å²) in [6.45, 7) is 1.34. The first-order chi connectivity index (χ1) is 14.4. The Labute approximate surface area is 179 Å². The fraction of sp³-hybridized carbons (Fsp3) is 0.400. The number of fused-ring (bicyclic) bond motifs is 1. The Morgan fingerprint density at radius 3 is 2.80 bits per heavy atom. The van der Waals surface area contributed by atoms with Crippen molar-refractivity contribution < 1.29 is 22.7 Å². The Morgan fingerprint density at radius 1 is 1.20 bits per heavy atom. The van der Waals surface area contributed by atoms with Crippen molar-refractivity contribution in [2.24, 2.45) is 0 Å². The zero-order valence-electron chi connectivity index (χ0n) is 16.3. The van der Waals surface area contributed by atoms with Gasteiger partial charge >= 0.3 is 11.8 Å². The van der Waals surface area contributed by atoms with Crippen LogP contribution in [0.2, 0.25) is 0 Å². The molecular weight excluding hydrogens is 426 g/mol. The molecule has 2 aliphatic heterocycles. The highest BCUT2D eigenvalue weighted by molar-refractivity contribution is 7.94. The van der Waals surface area contributed by atoms with Crippen molar-refractivity contribution >= 4 is 44.5 Å². The minimum absolute atomic E-state index is 0.0542. The molecule has 2 amide bonds. The third-order valence-electron chi connectivity index (χ3n) is 5.18. The number of aryl methyl sites for hydroxylation is 1. The average Bonchev–Trinajstić information content (AvgIpc) is 3.45. The molecule has 1 saturated heterocycles. The highest BCUT2D eigenvalue weighted by Crippen LogP contribution is 2.35. The van der Waals surface area contributed by atoms with Crippen LogP contribution in [0.15, 0.2) is 39.9 Å². The summed E-state index contributed by atoms with van der Waals surface area (Å²) < 4.78 is 33.2. The fourth-order valence-electron chi connectivity index (χ4n) is 3.67. The predicted molar refractivity (Wildman–Crippen MR) is 114 cm³/mol. The normalized spacial score (nSPS) is 18.7. The van der Waals surface area contributed by atoms with E-state index in [2.05, 4.69) is 10.6 Å². The van der Waals surface area contributed by atoms with E-state index in [4.69, 9.17) is 4.74 Å². The van der Waals surface area contributed by atoms with Crippen LogP contribution in [0.1, 0.15) is 24.8 Å². The Balaban J connectivity index is 1.48. The van der Waals surface area contributed by atoms with Crippen molar-refractivity contribution in [3.8, 4) is 0 Å². The number of carbonyl (C=O) groups excluding carboxylic acids is 2. The lowest BCUT2D eigenvalue weighted by molar-refractivity contribution is -0.136. The number of thiophene rings is 1. The number of carbonyl (C=O) groups is 2. The molecule has 4 rings (SSSR count). The topological polar surface area (TPSA) is 105 Å². The van der Waals surface area contributed by atoms with Gasteiger partial charge in [-0.25, -0.2) is 8.42 Å². The monoisotopic (exact) mass is 449 g/mol. The third kappa shape index (κ3) is 4.35. The first-order valence-corrected chi connectivity index (χ1v) is 12.2. The molecule has 10 heteroatoms. The van der Waals surface area contributed by atoms with Gasteiger partial charge in [0.1, 0.15) is 4.21 Å². The second kappa shape index (κ2) is 8.75. The summed E-state index contributed by atoms with van der Waals surface area (Å²) >= 11 is 1.17. The molecular formula is C20H23N3O5S2. The van der Waals surface area contributed by atoms with Gasteiger partial charge in [0.05, 0.1) is 11.8 Å². The predicted octanol–water partition coefficient (Wildman–Crippen LogP) is 2.12. The molecule has 30 heavy (non-hydrogen) atoms. The molecule has 0 spiro atoms. The largest absolute Gasteiger partial charge is 0.376 e. The molecule has 2 aliphatic rings. The molecule has 0 unspecified atom stereocenters. The summed E-state index contributed by atoms with van der Waals surface area (Å²) in [6, 6.07) is 8.38. The van der Waals surface area contributed by atoms with Crippen LogP contribution in [0.25, 0.3) is 0 Å². The number of nitrogens with one attached hydrogen (secondary N) is 2. The summed E-state index contributed by atoms with van der Waals surface area (Å²) in [5, 5.41) is 6.87. The molecule has 0 saturated carbocycles. The average molecular weight is 450 g/mol. The van der Waals surface area contributed by atoms with Gasteiger partial charge in [0.25, 0.3) is 10.0 Å². The molecule has 0 aliphatic carbocycles. The zero-order chi connectivity index (χ0) is 21.1. The van der Waals surface area contributed by atoms with E-state index < -0.39 is 21.8 Å². The van der Waals surface area contributed by atoms with Gasteiger partial charge in [0.15, 0.2) is 0 Å².